The molecule has 7 heteroatoms. The molecule has 0 aromatic carbocycles. The van der Waals surface area contributed by atoms with E-state index in [0.29, 0.717) is 19.4 Å². The Bertz CT molecular complexity index is 773. The zero-order valence-electron chi connectivity index (χ0n) is 17.0. The average molecular weight is 415 g/mol. The fraction of sp³-hybridized carbons (Fsp3) is 0.500. The van der Waals surface area contributed by atoms with Crippen LogP contribution in [0.5, 0.6) is 0 Å². The topological polar surface area (TPSA) is 79.5 Å². The molecule has 0 spiro atoms. The molecule has 2 N–H and O–H groups in total. The number of piperidine rings is 1. The molecule has 2 aromatic rings. The van der Waals surface area contributed by atoms with Gasteiger partial charge in [0.1, 0.15) is 0 Å². The molecule has 1 atom stereocenters. The summed E-state index contributed by atoms with van der Waals surface area (Å²) in [4.78, 5) is 32.8. The summed E-state index contributed by atoms with van der Waals surface area (Å²) in [5, 5.41) is 4.18. The lowest BCUT2D eigenvalue weighted by atomic mass is 9.99. The Morgan fingerprint density at radius 1 is 1.24 bits per heavy atom. The lowest BCUT2D eigenvalue weighted by Crippen LogP contribution is -2.49. The molecule has 0 aliphatic carbocycles. The number of nitrogens with zero attached hydrogens (tertiary/aromatic N) is 3. The van der Waals surface area contributed by atoms with E-state index in [2.05, 4.69) is 31.6 Å². The van der Waals surface area contributed by atoms with E-state index in [0.717, 1.165) is 37.9 Å². The van der Waals surface area contributed by atoms with Crippen LogP contribution >= 0.6 is 11.3 Å². The van der Waals surface area contributed by atoms with E-state index < -0.39 is 0 Å². The molecule has 6 nitrogen and oxygen atoms in total. The molecule has 29 heavy (non-hydrogen) atoms. The van der Waals surface area contributed by atoms with E-state index in [1.54, 1.807) is 23.7 Å². The van der Waals surface area contributed by atoms with Crippen LogP contribution < -0.4 is 5.73 Å². The lowest BCUT2D eigenvalue weighted by molar-refractivity contribution is -0.135. The van der Waals surface area contributed by atoms with Gasteiger partial charge in [0, 0.05) is 57.0 Å². The highest BCUT2D eigenvalue weighted by Crippen LogP contribution is 2.23. The van der Waals surface area contributed by atoms with Crippen LogP contribution in [0.1, 0.15) is 43.7 Å². The van der Waals surface area contributed by atoms with Crippen molar-refractivity contribution in [2.45, 2.75) is 57.7 Å². The number of amides is 2. The summed E-state index contributed by atoms with van der Waals surface area (Å²) in [5.74, 6) is -0.0540. The third-order valence-electron chi connectivity index (χ3n) is 5.69. The van der Waals surface area contributed by atoms with Crippen LogP contribution in [-0.2, 0) is 22.6 Å². The maximum atomic E-state index is 13.1. The monoisotopic (exact) mass is 414 g/mol. The Labute approximate surface area is 176 Å². The van der Waals surface area contributed by atoms with E-state index in [1.807, 2.05) is 19.1 Å². The van der Waals surface area contributed by atoms with Gasteiger partial charge in [-0.2, -0.15) is 11.3 Å². The number of carbonyl (C=O) groups excluding carboxylic acids is 2. The van der Waals surface area contributed by atoms with Crippen molar-refractivity contribution in [2.75, 3.05) is 13.1 Å². The number of primary amides is 1. The number of nitrogens with two attached hydrogens (primary N) is 1. The number of aromatic nitrogens is 1. The molecule has 1 aliphatic heterocycles. The number of aryl methyl sites for hydroxylation is 1. The fourth-order valence-electron chi connectivity index (χ4n) is 4.00. The predicted molar refractivity (Wildman–Crippen MR) is 115 cm³/mol. The fourth-order valence-corrected chi connectivity index (χ4v) is 4.66. The first-order valence-corrected chi connectivity index (χ1v) is 11.2. The van der Waals surface area contributed by atoms with Crippen LogP contribution in [0.4, 0.5) is 0 Å². The van der Waals surface area contributed by atoms with Crippen molar-refractivity contribution in [3.63, 3.8) is 0 Å². The maximum Gasteiger partial charge on any atom is 0.223 e. The molecule has 1 aliphatic rings. The predicted octanol–water partition coefficient (Wildman–Crippen LogP) is 2.83. The van der Waals surface area contributed by atoms with E-state index in [9.17, 15) is 9.59 Å². The second-order valence-electron chi connectivity index (χ2n) is 7.80. The van der Waals surface area contributed by atoms with Crippen molar-refractivity contribution in [3.8, 4) is 0 Å². The third-order valence-corrected chi connectivity index (χ3v) is 6.42. The number of likely N-dealkylation sites (tertiary alicyclic amines) is 1. The van der Waals surface area contributed by atoms with Crippen molar-refractivity contribution < 1.29 is 9.59 Å². The van der Waals surface area contributed by atoms with Crippen LogP contribution in [0, 0.1) is 0 Å². The van der Waals surface area contributed by atoms with Gasteiger partial charge in [0.25, 0.3) is 0 Å². The molecule has 0 saturated carbocycles. The Kier molecular flexibility index (Phi) is 7.77. The Morgan fingerprint density at radius 2 is 1.97 bits per heavy atom. The second-order valence-corrected chi connectivity index (χ2v) is 8.58. The van der Waals surface area contributed by atoms with E-state index in [1.165, 1.54) is 5.56 Å². The summed E-state index contributed by atoms with van der Waals surface area (Å²) < 4.78 is 0. The van der Waals surface area contributed by atoms with Crippen LogP contribution in [0.2, 0.25) is 0 Å². The van der Waals surface area contributed by atoms with Gasteiger partial charge < -0.3 is 10.6 Å². The van der Waals surface area contributed by atoms with Gasteiger partial charge in [0.05, 0.1) is 0 Å². The van der Waals surface area contributed by atoms with Crippen molar-refractivity contribution >= 4 is 23.2 Å². The lowest BCUT2D eigenvalue weighted by Gasteiger charge is -2.40. The van der Waals surface area contributed by atoms with Crippen molar-refractivity contribution in [1.82, 2.24) is 14.8 Å². The van der Waals surface area contributed by atoms with Crippen molar-refractivity contribution in [1.29, 1.82) is 0 Å². The minimum atomic E-state index is -0.259. The zero-order valence-corrected chi connectivity index (χ0v) is 17.8. The number of thiophene rings is 1. The largest absolute Gasteiger partial charge is 0.370 e. The summed E-state index contributed by atoms with van der Waals surface area (Å²) in [7, 11) is 0. The second kappa shape index (κ2) is 10.5. The van der Waals surface area contributed by atoms with Crippen LogP contribution in [0.25, 0.3) is 0 Å². The molecule has 1 saturated heterocycles. The quantitative estimate of drug-likeness (QED) is 0.684. The molecular formula is C22H30N4O2S. The smallest absolute Gasteiger partial charge is 0.223 e. The molecular weight excluding hydrogens is 384 g/mol. The molecule has 3 rings (SSSR count). The number of pyridine rings is 1. The van der Waals surface area contributed by atoms with Gasteiger partial charge in [-0.05, 0) is 66.3 Å². The van der Waals surface area contributed by atoms with Gasteiger partial charge in [0.2, 0.25) is 11.8 Å². The van der Waals surface area contributed by atoms with E-state index in [4.69, 9.17) is 5.73 Å². The maximum absolute atomic E-state index is 13.1. The summed E-state index contributed by atoms with van der Waals surface area (Å²) in [6, 6.07) is 6.42. The normalized spacial score (nSPS) is 16.4. The highest BCUT2D eigenvalue weighted by Gasteiger charge is 2.29. The Morgan fingerprint density at radius 3 is 2.59 bits per heavy atom. The zero-order chi connectivity index (χ0) is 20.6. The van der Waals surface area contributed by atoms with Crippen LogP contribution in [0.15, 0.2) is 41.4 Å². The summed E-state index contributed by atoms with van der Waals surface area (Å²) in [6.45, 7) is 4.49. The van der Waals surface area contributed by atoms with Crippen LogP contribution in [-0.4, -0.2) is 51.8 Å². The summed E-state index contributed by atoms with van der Waals surface area (Å²) >= 11 is 1.66. The molecule has 1 unspecified atom stereocenters. The van der Waals surface area contributed by atoms with Gasteiger partial charge in [-0.25, -0.2) is 0 Å². The van der Waals surface area contributed by atoms with Gasteiger partial charge in [0.15, 0.2) is 0 Å². The van der Waals surface area contributed by atoms with Crippen molar-refractivity contribution in [2.24, 2.45) is 5.73 Å². The van der Waals surface area contributed by atoms with Gasteiger partial charge >= 0.3 is 0 Å². The Balaban J connectivity index is 1.61. The number of hydrogen-bond acceptors (Lipinski definition) is 5. The summed E-state index contributed by atoms with van der Waals surface area (Å²) in [5.41, 5.74) is 7.68. The molecule has 3 heterocycles. The molecule has 2 amide bonds. The van der Waals surface area contributed by atoms with Gasteiger partial charge in [-0.1, -0.05) is 0 Å². The summed E-state index contributed by atoms with van der Waals surface area (Å²) in [6.07, 6.45) is 7.01. The molecule has 2 aromatic heterocycles. The molecule has 0 bridgehead atoms. The van der Waals surface area contributed by atoms with Crippen LogP contribution in [0.3, 0.4) is 0 Å². The molecule has 156 valence electrons. The number of carbonyl (C=O) groups is 2. The first kappa shape index (κ1) is 21.5. The van der Waals surface area contributed by atoms with Crippen molar-refractivity contribution in [3.05, 3.63) is 52.5 Å². The standard InChI is InChI=1S/C22H30N4O2S/c1-17(14-21(23)27)25-11-6-20(7-12-25)26(15-19-8-13-29-16-19)22(28)3-2-18-4-9-24-10-5-18/h4-5,8-10,13,16-17,20H,2-3,6-7,11-12,14-15H2,1H3,(H2,23,27). The molecule has 1 fully saturated rings. The van der Waals surface area contributed by atoms with E-state index in [-0.39, 0.29) is 23.9 Å². The number of rotatable bonds is 9. The number of hydrogen-bond donors (Lipinski definition) is 1. The third kappa shape index (κ3) is 6.37. The highest BCUT2D eigenvalue weighted by atomic mass is 32.1. The first-order chi connectivity index (χ1) is 14.0. The Hall–Kier alpha value is -2.25. The first-order valence-electron chi connectivity index (χ1n) is 10.2. The minimum Gasteiger partial charge on any atom is -0.370 e. The van der Waals surface area contributed by atoms with Gasteiger partial charge in [-0.3, -0.25) is 19.5 Å². The van der Waals surface area contributed by atoms with E-state index >= 15 is 0 Å². The minimum absolute atomic E-state index is 0.154. The van der Waals surface area contributed by atoms with Gasteiger partial charge in [-0.15, -0.1) is 0 Å². The highest BCUT2D eigenvalue weighted by molar-refractivity contribution is 7.07. The average Bonchev–Trinajstić information content (AvgIpc) is 3.24. The molecule has 0 radical (unpaired) electrons. The SMILES string of the molecule is CC(CC(N)=O)N1CCC(N(Cc2ccsc2)C(=O)CCc2ccncc2)CC1.